The van der Waals surface area contributed by atoms with Crippen LogP contribution < -0.4 is 10.2 Å². The first kappa shape index (κ1) is 15.9. The van der Waals surface area contributed by atoms with E-state index < -0.39 is 0 Å². The van der Waals surface area contributed by atoms with Crippen molar-refractivity contribution in [3.63, 3.8) is 0 Å². The van der Waals surface area contributed by atoms with Gasteiger partial charge in [-0.3, -0.25) is 0 Å². The minimum absolute atomic E-state index is 0.486. The van der Waals surface area contributed by atoms with Crippen molar-refractivity contribution >= 4 is 17.2 Å². The molecule has 0 saturated carbocycles. The second kappa shape index (κ2) is 7.52. The summed E-state index contributed by atoms with van der Waals surface area (Å²) in [5, 5.41) is 5.55. The molecule has 0 aliphatic carbocycles. The average Bonchev–Trinajstić information content (AvgIpc) is 2.97. The highest BCUT2D eigenvalue weighted by Gasteiger charge is 2.08. The first-order valence-electron chi connectivity index (χ1n) is 7.40. The SMILES string of the molecule is CCc1cc(CNC(C)C)cc(N(C)Cc2cscn2)n1. The molecular weight excluding hydrogens is 280 g/mol. The Kier molecular flexibility index (Phi) is 5.70. The minimum Gasteiger partial charge on any atom is -0.354 e. The van der Waals surface area contributed by atoms with Gasteiger partial charge in [-0.25, -0.2) is 9.97 Å². The van der Waals surface area contributed by atoms with Gasteiger partial charge in [0.1, 0.15) is 5.82 Å². The molecule has 0 aliphatic rings. The highest BCUT2D eigenvalue weighted by Crippen LogP contribution is 2.17. The normalized spacial score (nSPS) is 11.1. The number of anilines is 1. The molecular formula is C16H24N4S. The zero-order valence-electron chi connectivity index (χ0n) is 13.3. The molecule has 1 N–H and O–H groups in total. The molecule has 0 saturated heterocycles. The number of thiazole rings is 1. The largest absolute Gasteiger partial charge is 0.354 e. The fourth-order valence-corrected chi connectivity index (χ4v) is 2.62. The van der Waals surface area contributed by atoms with Gasteiger partial charge in [0, 0.05) is 30.7 Å². The fourth-order valence-electron chi connectivity index (χ4n) is 2.07. The molecule has 0 radical (unpaired) electrons. The van der Waals surface area contributed by atoms with Crippen LogP contribution in [0.25, 0.3) is 0 Å². The first-order valence-corrected chi connectivity index (χ1v) is 8.34. The van der Waals surface area contributed by atoms with E-state index in [0.717, 1.165) is 36.7 Å². The van der Waals surface area contributed by atoms with Gasteiger partial charge in [-0.2, -0.15) is 0 Å². The number of hydrogen-bond donors (Lipinski definition) is 1. The monoisotopic (exact) mass is 304 g/mol. The van der Waals surface area contributed by atoms with Crippen LogP contribution >= 0.6 is 11.3 Å². The number of pyridine rings is 1. The molecule has 21 heavy (non-hydrogen) atoms. The third kappa shape index (κ3) is 4.79. The molecule has 0 fully saturated rings. The summed E-state index contributed by atoms with van der Waals surface area (Å²) in [4.78, 5) is 11.2. The minimum atomic E-state index is 0.486. The molecule has 114 valence electrons. The van der Waals surface area contributed by atoms with Crippen LogP contribution in [0, 0.1) is 0 Å². The van der Waals surface area contributed by atoms with E-state index in [1.165, 1.54) is 5.56 Å². The predicted octanol–water partition coefficient (Wildman–Crippen LogP) is 3.23. The first-order chi connectivity index (χ1) is 10.1. The van der Waals surface area contributed by atoms with Crippen molar-refractivity contribution < 1.29 is 0 Å². The van der Waals surface area contributed by atoms with Crippen molar-refractivity contribution in [2.24, 2.45) is 0 Å². The molecule has 0 spiro atoms. The van der Waals surface area contributed by atoms with Gasteiger partial charge in [0.25, 0.3) is 0 Å². The second-order valence-corrected chi connectivity index (χ2v) is 6.27. The lowest BCUT2D eigenvalue weighted by Gasteiger charge is -2.19. The Bertz CT molecular complexity index is 551. The fraction of sp³-hybridized carbons (Fsp3) is 0.500. The second-order valence-electron chi connectivity index (χ2n) is 5.55. The molecule has 2 aromatic rings. The number of hydrogen-bond acceptors (Lipinski definition) is 5. The smallest absolute Gasteiger partial charge is 0.129 e. The van der Waals surface area contributed by atoms with E-state index in [1.54, 1.807) is 11.3 Å². The molecule has 0 aromatic carbocycles. The summed E-state index contributed by atoms with van der Waals surface area (Å²) in [7, 11) is 2.07. The lowest BCUT2D eigenvalue weighted by Crippen LogP contribution is -2.23. The summed E-state index contributed by atoms with van der Waals surface area (Å²) in [6, 6.07) is 4.84. The molecule has 2 rings (SSSR count). The average molecular weight is 304 g/mol. The van der Waals surface area contributed by atoms with Gasteiger partial charge in [0.05, 0.1) is 17.7 Å². The van der Waals surface area contributed by atoms with Crippen molar-refractivity contribution in [1.82, 2.24) is 15.3 Å². The van der Waals surface area contributed by atoms with Gasteiger partial charge >= 0.3 is 0 Å². The van der Waals surface area contributed by atoms with Crippen molar-refractivity contribution in [3.05, 3.63) is 40.0 Å². The third-order valence-corrected chi connectivity index (χ3v) is 3.91. The molecule has 0 aliphatic heterocycles. The Morgan fingerprint density at radius 3 is 2.71 bits per heavy atom. The van der Waals surface area contributed by atoms with Gasteiger partial charge in [0.15, 0.2) is 0 Å². The van der Waals surface area contributed by atoms with E-state index in [0.29, 0.717) is 6.04 Å². The van der Waals surface area contributed by atoms with Crippen LogP contribution in [0.5, 0.6) is 0 Å². The van der Waals surface area contributed by atoms with E-state index in [2.05, 4.69) is 60.5 Å². The van der Waals surface area contributed by atoms with E-state index >= 15 is 0 Å². The van der Waals surface area contributed by atoms with Gasteiger partial charge in [0.2, 0.25) is 0 Å². The van der Waals surface area contributed by atoms with Gasteiger partial charge in [-0.15, -0.1) is 11.3 Å². The maximum absolute atomic E-state index is 4.73. The number of nitrogens with zero attached hydrogens (tertiary/aromatic N) is 3. The lowest BCUT2D eigenvalue weighted by atomic mass is 10.1. The molecule has 4 nitrogen and oxygen atoms in total. The highest BCUT2D eigenvalue weighted by molar-refractivity contribution is 7.07. The maximum atomic E-state index is 4.73. The van der Waals surface area contributed by atoms with Gasteiger partial charge in [-0.1, -0.05) is 20.8 Å². The Morgan fingerprint density at radius 2 is 2.10 bits per heavy atom. The van der Waals surface area contributed by atoms with Crippen molar-refractivity contribution in [3.8, 4) is 0 Å². The molecule has 0 unspecified atom stereocenters. The van der Waals surface area contributed by atoms with Gasteiger partial charge in [-0.05, 0) is 24.1 Å². The Hall–Kier alpha value is -1.46. The molecule has 0 amide bonds. The summed E-state index contributed by atoms with van der Waals surface area (Å²) >= 11 is 1.63. The Labute approximate surface area is 131 Å². The Balaban J connectivity index is 2.15. The van der Waals surface area contributed by atoms with Crippen LogP contribution in [-0.2, 0) is 19.5 Å². The lowest BCUT2D eigenvalue weighted by molar-refractivity contribution is 0.588. The van der Waals surface area contributed by atoms with Crippen LogP contribution in [-0.4, -0.2) is 23.1 Å². The maximum Gasteiger partial charge on any atom is 0.129 e. The van der Waals surface area contributed by atoms with Crippen molar-refractivity contribution in [1.29, 1.82) is 0 Å². The third-order valence-electron chi connectivity index (χ3n) is 3.28. The van der Waals surface area contributed by atoms with E-state index in [4.69, 9.17) is 4.98 Å². The van der Waals surface area contributed by atoms with Gasteiger partial charge < -0.3 is 10.2 Å². The molecule has 0 atom stereocenters. The van der Waals surface area contributed by atoms with Crippen LogP contribution in [0.3, 0.4) is 0 Å². The summed E-state index contributed by atoms with van der Waals surface area (Å²) in [5.41, 5.74) is 5.39. The molecule has 0 bridgehead atoms. The zero-order valence-corrected chi connectivity index (χ0v) is 14.1. The standard InChI is InChI=1S/C16H24N4S/c1-5-14-6-13(8-17-12(2)3)7-16(19-14)20(4)9-15-10-21-11-18-15/h6-7,10-12,17H,5,8-9H2,1-4H3. The highest BCUT2D eigenvalue weighted by atomic mass is 32.1. The quantitative estimate of drug-likeness (QED) is 0.852. The van der Waals surface area contributed by atoms with E-state index in [9.17, 15) is 0 Å². The summed E-state index contributed by atoms with van der Waals surface area (Å²) in [5.74, 6) is 1.02. The number of nitrogens with one attached hydrogen (secondary N) is 1. The predicted molar refractivity (Wildman–Crippen MR) is 89.8 cm³/mol. The van der Waals surface area contributed by atoms with E-state index in [-0.39, 0.29) is 0 Å². The van der Waals surface area contributed by atoms with Crippen LogP contribution in [0.1, 0.15) is 37.7 Å². The topological polar surface area (TPSA) is 41.0 Å². The molecule has 2 aromatic heterocycles. The van der Waals surface area contributed by atoms with Crippen LogP contribution in [0.15, 0.2) is 23.0 Å². The van der Waals surface area contributed by atoms with Crippen LogP contribution in [0.2, 0.25) is 0 Å². The molecule has 2 heterocycles. The van der Waals surface area contributed by atoms with Crippen molar-refractivity contribution in [2.45, 2.75) is 46.3 Å². The summed E-state index contributed by atoms with van der Waals surface area (Å²) in [6.07, 6.45) is 0.951. The Morgan fingerprint density at radius 1 is 1.29 bits per heavy atom. The molecule has 5 heteroatoms. The summed E-state index contributed by atoms with van der Waals surface area (Å²) < 4.78 is 0. The van der Waals surface area contributed by atoms with Crippen LogP contribution in [0.4, 0.5) is 5.82 Å². The summed E-state index contributed by atoms with van der Waals surface area (Å²) in [6.45, 7) is 8.14. The number of aryl methyl sites for hydroxylation is 1. The van der Waals surface area contributed by atoms with E-state index in [1.807, 2.05) is 5.51 Å². The number of rotatable bonds is 7. The number of aromatic nitrogens is 2. The van der Waals surface area contributed by atoms with Crippen molar-refractivity contribution in [2.75, 3.05) is 11.9 Å². The zero-order chi connectivity index (χ0) is 15.2.